The molecule has 6 heteroatoms. The van der Waals surface area contributed by atoms with E-state index in [9.17, 15) is 26.3 Å². The van der Waals surface area contributed by atoms with Crippen LogP contribution in [0.5, 0.6) is 0 Å². The smallest absolute Gasteiger partial charge is 0.205 e. The molecule has 0 bridgehead atoms. The van der Waals surface area contributed by atoms with Crippen molar-refractivity contribution < 1.29 is 26.3 Å². The highest BCUT2D eigenvalue weighted by Crippen LogP contribution is 2.45. The van der Waals surface area contributed by atoms with Gasteiger partial charge in [-0.15, -0.1) is 0 Å². The first kappa shape index (κ1) is 10.1. The van der Waals surface area contributed by atoms with E-state index in [1.54, 1.807) is 0 Å². The number of hydrogen-bond acceptors (Lipinski definition) is 0. The predicted octanol–water partition coefficient (Wildman–Crippen LogP) is 3.37. The molecule has 0 nitrogen and oxygen atoms in total. The van der Waals surface area contributed by atoms with Gasteiger partial charge < -0.3 is 0 Å². The van der Waals surface area contributed by atoms with Crippen molar-refractivity contribution >= 4 is 0 Å². The number of alkyl halides is 4. The Hall–Kier alpha value is -0.940. The summed E-state index contributed by atoms with van der Waals surface area (Å²) in [5.41, 5.74) is -1.59. The molecule has 0 radical (unpaired) electrons. The van der Waals surface area contributed by atoms with Crippen LogP contribution in [-0.2, 0) is 0 Å². The van der Waals surface area contributed by atoms with Gasteiger partial charge in [-0.25, -0.2) is 8.78 Å². The molecule has 0 amide bonds. The Morgan fingerprint density at radius 1 is 1.08 bits per heavy atom. The topological polar surface area (TPSA) is 0 Å². The molecule has 1 rings (SSSR count). The Morgan fingerprint density at radius 3 is 2.00 bits per heavy atom. The van der Waals surface area contributed by atoms with Gasteiger partial charge >= 0.3 is 11.8 Å². The van der Waals surface area contributed by atoms with Crippen LogP contribution in [0, 0.1) is 0 Å². The lowest BCUT2D eigenvalue weighted by Crippen LogP contribution is -2.31. The van der Waals surface area contributed by atoms with Crippen LogP contribution >= 0.6 is 0 Å². The molecular formula is C7H4F6. The molecule has 0 heterocycles. The first-order chi connectivity index (χ1) is 5.69. The van der Waals surface area contributed by atoms with Crippen molar-refractivity contribution in [3.05, 3.63) is 23.3 Å². The Balaban J connectivity index is 3.30. The van der Waals surface area contributed by atoms with E-state index in [1.807, 2.05) is 0 Å². The minimum atomic E-state index is -4.27. The van der Waals surface area contributed by atoms with E-state index in [0.717, 1.165) is 0 Å². The molecule has 0 aromatic rings. The monoisotopic (exact) mass is 202 g/mol. The second-order valence-electron chi connectivity index (χ2n) is 2.63. The maximum absolute atomic E-state index is 12.5. The summed E-state index contributed by atoms with van der Waals surface area (Å²) in [5.74, 6) is -13.1. The van der Waals surface area contributed by atoms with Gasteiger partial charge in [0.25, 0.3) is 0 Å². The summed E-state index contributed by atoms with van der Waals surface area (Å²) in [6, 6.07) is 0. The van der Waals surface area contributed by atoms with Crippen molar-refractivity contribution in [3.8, 4) is 0 Å². The molecule has 0 aromatic carbocycles. The lowest BCUT2D eigenvalue weighted by Gasteiger charge is -2.24. The first-order valence-electron chi connectivity index (χ1n) is 3.21. The van der Waals surface area contributed by atoms with Crippen LogP contribution in [0.2, 0.25) is 0 Å². The van der Waals surface area contributed by atoms with Crippen molar-refractivity contribution in [2.75, 3.05) is 0 Å². The van der Waals surface area contributed by atoms with Gasteiger partial charge in [0.15, 0.2) is 11.7 Å². The van der Waals surface area contributed by atoms with Gasteiger partial charge in [0, 0.05) is 11.6 Å². The largest absolute Gasteiger partial charge is 0.322 e. The SMILES string of the molecule is CC1=C(F)C(F)(F)C=C(F)C1(F)F. The molecular weight excluding hydrogens is 198 g/mol. The zero-order valence-electron chi connectivity index (χ0n) is 6.35. The minimum Gasteiger partial charge on any atom is -0.205 e. The molecule has 0 N–H and O–H groups in total. The molecule has 0 saturated heterocycles. The highest BCUT2D eigenvalue weighted by Gasteiger charge is 2.51. The third-order valence-corrected chi connectivity index (χ3v) is 1.70. The summed E-state index contributed by atoms with van der Waals surface area (Å²) in [5, 5.41) is 0. The second-order valence-corrected chi connectivity index (χ2v) is 2.63. The van der Waals surface area contributed by atoms with E-state index in [4.69, 9.17) is 0 Å². The second kappa shape index (κ2) is 2.52. The van der Waals surface area contributed by atoms with E-state index < -0.39 is 35.1 Å². The van der Waals surface area contributed by atoms with E-state index in [2.05, 4.69) is 0 Å². The standard InChI is InChI=1S/C7H4F6/c1-3-5(9)6(10,11)2-4(8)7(3,12)13/h2H,1H3. The summed E-state index contributed by atoms with van der Waals surface area (Å²) in [6.45, 7) is 0.426. The lowest BCUT2D eigenvalue weighted by molar-refractivity contribution is 0.00777. The predicted molar refractivity (Wildman–Crippen MR) is 32.9 cm³/mol. The van der Waals surface area contributed by atoms with Gasteiger partial charge in [-0.1, -0.05) is 0 Å². The lowest BCUT2D eigenvalue weighted by atomic mass is 9.99. The van der Waals surface area contributed by atoms with Crippen molar-refractivity contribution in [1.82, 2.24) is 0 Å². The summed E-state index contributed by atoms with van der Waals surface area (Å²) >= 11 is 0. The van der Waals surface area contributed by atoms with E-state index in [0.29, 0.717) is 6.92 Å². The van der Waals surface area contributed by atoms with Crippen molar-refractivity contribution in [1.29, 1.82) is 0 Å². The van der Waals surface area contributed by atoms with Crippen molar-refractivity contribution in [2.45, 2.75) is 18.8 Å². The summed E-state index contributed by atoms with van der Waals surface area (Å²) in [4.78, 5) is 0. The fraction of sp³-hybridized carbons (Fsp3) is 0.429. The molecule has 74 valence electrons. The third-order valence-electron chi connectivity index (χ3n) is 1.70. The molecule has 0 aliphatic heterocycles. The average molecular weight is 202 g/mol. The van der Waals surface area contributed by atoms with Crippen LogP contribution in [0.4, 0.5) is 26.3 Å². The van der Waals surface area contributed by atoms with Crippen molar-refractivity contribution in [2.24, 2.45) is 0 Å². The van der Waals surface area contributed by atoms with E-state index in [1.165, 1.54) is 0 Å². The van der Waals surface area contributed by atoms with E-state index in [-0.39, 0.29) is 0 Å². The Morgan fingerprint density at radius 2 is 1.54 bits per heavy atom. The molecule has 1 aliphatic carbocycles. The third kappa shape index (κ3) is 1.34. The number of allylic oxidation sites excluding steroid dienone is 4. The molecule has 0 unspecified atom stereocenters. The van der Waals surface area contributed by atoms with E-state index >= 15 is 0 Å². The van der Waals surface area contributed by atoms with Crippen LogP contribution < -0.4 is 0 Å². The van der Waals surface area contributed by atoms with Gasteiger partial charge in [0.2, 0.25) is 0 Å². The maximum Gasteiger partial charge on any atom is 0.322 e. The zero-order chi connectivity index (χ0) is 10.4. The summed E-state index contributed by atoms with van der Waals surface area (Å²) in [7, 11) is 0. The quantitative estimate of drug-likeness (QED) is 0.528. The number of halogens is 6. The van der Waals surface area contributed by atoms with Gasteiger partial charge in [-0.3, -0.25) is 0 Å². The Kier molecular flexibility index (Phi) is 1.97. The minimum absolute atomic E-state index is 0.426. The molecule has 0 saturated carbocycles. The average Bonchev–Trinajstić information content (AvgIpc) is 1.98. The fourth-order valence-electron chi connectivity index (χ4n) is 0.880. The normalized spacial score (nSPS) is 25.9. The maximum atomic E-state index is 12.5. The molecule has 0 atom stereocenters. The summed E-state index contributed by atoms with van der Waals surface area (Å²) in [6.07, 6.45) is -0.713. The number of hydrogen-bond donors (Lipinski definition) is 0. The number of rotatable bonds is 0. The van der Waals surface area contributed by atoms with Gasteiger partial charge in [0.1, 0.15) is 0 Å². The highest BCUT2D eigenvalue weighted by molar-refractivity contribution is 5.37. The Labute approximate surface area is 69.5 Å². The van der Waals surface area contributed by atoms with Gasteiger partial charge in [-0.2, -0.15) is 17.6 Å². The van der Waals surface area contributed by atoms with Crippen molar-refractivity contribution in [3.63, 3.8) is 0 Å². The molecule has 0 spiro atoms. The Bertz CT molecular complexity index is 298. The van der Waals surface area contributed by atoms with Gasteiger partial charge in [-0.05, 0) is 6.92 Å². The molecule has 1 aliphatic rings. The van der Waals surface area contributed by atoms with Crippen LogP contribution in [0.1, 0.15) is 6.92 Å². The van der Waals surface area contributed by atoms with Gasteiger partial charge in [0.05, 0.1) is 0 Å². The van der Waals surface area contributed by atoms with Crippen LogP contribution in [0.15, 0.2) is 23.3 Å². The fourth-order valence-corrected chi connectivity index (χ4v) is 0.880. The van der Waals surface area contributed by atoms with Crippen LogP contribution in [0.25, 0.3) is 0 Å². The molecule has 0 fully saturated rings. The van der Waals surface area contributed by atoms with Crippen LogP contribution in [0.3, 0.4) is 0 Å². The molecule has 0 aromatic heterocycles. The van der Waals surface area contributed by atoms with Crippen LogP contribution in [-0.4, -0.2) is 11.8 Å². The first-order valence-corrected chi connectivity index (χ1v) is 3.21. The highest BCUT2D eigenvalue weighted by atomic mass is 19.3. The zero-order valence-corrected chi connectivity index (χ0v) is 6.35. The summed E-state index contributed by atoms with van der Waals surface area (Å²) < 4.78 is 74.5. The molecule has 13 heavy (non-hydrogen) atoms.